The first-order valence-corrected chi connectivity index (χ1v) is 10.4. The fourth-order valence-corrected chi connectivity index (χ4v) is 3.71. The molecule has 1 aliphatic rings. The van der Waals surface area contributed by atoms with Gasteiger partial charge in [0.2, 0.25) is 5.92 Å². The third-order valence-corrected chi connectivity index (χ3v) is 5.22. The molecule has 0 aromatic heterocycles. The Bertz CT molecular complexity index is 885. The summed E-state index contributed by atoms with van der Waals surface area (Å²) in [7, 11) is 0. The average molecular weight is 430 g/mol. The third-order valence-electron chi connectivity index (χ3n) is 5.22. The molecule has 3 N–H and O–H groups in total. The van der Waals surface area contributed by atoms with Crippen LogP contribution in [0.25, 0.3) is 0 Å². The Balaban J connectivity index is 1.41. The third kappa shape index (κ3) is 7.27. The zero-order valence-electron chi connectivity index (χ0n) is 17.5. The lowest BCUT2D eigenvalue weighted by Gasteiger charge is -2.30. The number of nitrogens with one attached hydrogen (secondary N) is 2. The summed E-state index contributed by atoms with van der Waals surface area (Å²) in [6.45, 7) is 4.93. The Morgan fingerprint density at radius 2 is 1.71 bits per heavy atom. The minimum Gasteiger partial charge on any atom is -0.490 e. The van der Waals surface area contributed by atoms with Crippen LogP contribution in [0.3, 0.4) is 0 Å². The van der Waals surface area contributed by atoms with Crippen LogP contribution in [-0.4, -0.2) is 29.1 Å². The van der Waals surface area contributed by atoms with E-state index in [1.807, 2.05) is 0 Å². The molecule has 31 heavy (non-hydrogen) atoms. The zero-order chi connectivity index (χ0) is 22.4. The van der Waals surface area contributed by atoms with Crippen molar-refractivity contribution in [3.05, 3.63) is 72.1 Å². The lowest BCUT2D eigenvalue weighted by atomic mass is 9.93. The molecular formula is C24H28F2N2O3. The maximum atomic E-state index is 13.1. The average Bonchev–Trinajstić information content (AvgIpc) is 2.70. The molecule has 0 spiro atoms. The van der Waals surface area contributed by atoms with Gasteiger partial charge in [0, 0.05) is 18.2 Å². The molecule has 3 rings (SSSR count). The van der Waals surface area contributed by atoms with Crippen molar-refractivity contribution >= 4 is 11.7 Å². The fourth-order valence-electron chi connectivity index (χ4n) is 3.71. The van der Waals surface area contributed by atoms with Gasteiger partial charge in [0.25, 0.3) is 0 Å². The molecule has 166 valence electrons. The van der Waals surface area contributed by atoms with Crippen molar-refractivity contribution in [1.82, 2.24) is 5.32 Å². The highest BCUT2D eigenvalue weighted by Gasteiger charge is 2.23. The molecule has 0 radical (unpaired) electrons. The number of carboxylic acids is 1. The second-order valence-corrected chi connectivity index (χ2v) is 8.11. The Hall–Kier alpha value is -3.09. The van der Waals surface area contributed by atoms with Crippen LogP contribution in [0, 0.1) is 0 Å². The normalized spacial score (nSPS) is 18.8. The summed E-state index contributed by atoms with van der Waals surface area (Å²) >= 11 is 0. The molecule has 0 saturated heterocycles. The molecule has 0 aliphatic heterocycles. The molecule has 7 heteroatoms. The molecule has 1 fully saturated rings. The summed E-state index contributed by atoms with van der Waals surface area (Å²) in [4.78, 5) is 10.9. The molecule has 5 nitrogen and oxygen atoms in total. The molecule has 0 heterocycles. The number of ether oxygens (including phenoxy) is 1. The minimum absolute atomic E-state index is 0.0965. The summed E-state index contributed by atoms with van der Waals surface area (Å²) in [6, 6.07) is 13.7. The smallest absolute Gasteiger partial charge is 0.335 e. The molecule has 1 aliphatic carbocycles. The van der Waals surface area contributed by atoms with E-state index in [1.165, 1.54) is 0 Å². The highest BCUT2D eigenvalue weighted by atomic mass is 19.3. The largest absolute Gasteiger partial charge is 0.490 e. The number of rotatable bonds is 9. The molecule has 1 saturated carbocycles. The summed E-state index contributed by atoms with van der Waals surface area (Å²) in [5.74, 6) is -2.32. The Labute approximate surface area is 181 Å². The van der Waals surface area contributed by atoms with Gasteiger partial charge in [-0.2, -0.15) is 0 Å². The number of carboxylic acid groups (broad SMARTS) is 1. The van der Waals surface area contributed by atoms with Gasteiger partial charge in [-0.1, -0.05) is 18.7 Å². The van der Waals surface area contributed by atoms with Gasteiger partial charge in [-0.15, -0.1) is 0 Å². The highest BCUT2D eigenvalue weighted by molar-refractivity contribution is 5.87. The van der Waals surface area contributed by atoms with Crippen molar-refractivity contribution in [3.8, 4) is 5.75 Å². The molecule has 0 atom stereocenters. The predicted octanol–water partition coefficient (Wildman–Crippen LogP) is 5.45. The summed E-state index contributed by atoms with van der Waals surface area (Å²) < 4.78 is 32.2. The van der Waals surface area contributed by atoms with Gasteiger partial charge < -0.3 is 20.5 Å². The minimum atomic E-state index is -2.72. The van der Waals surface area contributed by atoms with E-state index in [2.05, 4.69) is 17.2 Å². The first kappa shape index (κ1) is 22.6. The SMILES string of the molecule is C=C(Nc1ccc(CC(C)(F)F)cc1)NC1CCC(Oc2ccc(C(=O)O)cc2)CC1. The van der Waals surface area contributed by atoms with E-state index < -0.39 is 11.9 Å². The number of benzene rings is 2. The van der Waals surface area contributed by atoms with Crippen molar-refractivity contribution in [2.45, 2.75) is 57.1 Å². The van der Waals surface area contributed by atoms with Crippen LogP contribution in [0.4, 0.5) is 14.5 Å². The molecule has 2 aromatic rings. The first-order valence-electron chi connectivity index (χ1n) is 10.4. The Kier molecular flexibility index (Phi) is 7.15. The van der Waals surface area contributed by atoms with E-state index in [9.17, 15) is 13.6 Å². The number of hydrogen-bond acceptors (Lipinski definition) is 4. The molecular weight excluding hydrogens is 402 g/mol. The summed E-state index contributed by atoms with van der Waals surface area (Å²) in [5, 5.41) is 15.5. The van der Waals surface area contributed by atoms with E-state index in [-0.39, 0.29) is 24.1 Å². The number of hydrogen-bond donors (Lipinski definition) is 3. The topological polar surface area (TPSA) is 70.6 Å². The van der Waals surface area contributed by atoms with Crippen LogP contribution in [-0.2, 0) is 6.42 Å². The van der Waals surface area contributed by atoms with Gasteiger partial charge in [0.1, 0.15) is 5.75 Å². The van der Waals surface area contributed by atoms with Gasteiger partial charge in [-0.05, 0) is 74.6 Å². The maximum absolute atomic E-state index is 13.1. The molecule has 0 bridgehead atoms. The Morgan fingerprint density at radius 1 is 1.10 bits per heavy atom. The number of aromatic carboxylic acids is 1. The van der Waals surface area contributed by atoms with E-state index in [4.69, 9.17) is 9.84 Å². The van der Waals surface area contributed by atoms with Gasteiger partial charge in [0.05, 0.1) is 17.5 Å². The second kappa shape index (κ2) is 9.81. The number of alkyl halides is 2. The van der Waals surface area contributed by atoms with Crippen LogP contribution in [0.1, 0.15) is 48.5 Å². The quantitative estimate of drug-likeness (QED) is 0.494. The van der Waals surface area contributed by atoms with Crippen molar-refractivity contribution in [2.24, 2.45) is 0 Å². The standard InChI is InChI=1S/C24H28F2N2O3/c1-16(27-19-7-3-17(4-8-19)15-24(2,25)26)28-20-9-13-22(14-10-20)31-21-11-5-18(6-12-21)23(29)30/h3-8,11-12,20,22,27-28H,1,9-10,13-15H2,2H3,(H,29,30). The molecule has 0 unspecified atom stereocenters. The predicted molar refractivity (Wildman–Crippen MR) is 117 cm³/mol. The van der Waals surface area contributed by atoms with Gasteiger partial charge >= 0.3 is 5.97 Å². The Morgan fingerprint density at radius 3 is 2.26 bits per heavy atom. The van der Waals surface area contributed by atoms with Crippen LogP contribution in [0.2, 0.25) is 0 Å². The van der Waals surface area contributed by atoms with Crippen LogP contribution < -0.4 is 15.4 Å². The van der Waals surface area contributed by atoms with E-state index in [1.54, 1.807) is 48.5 Å². The number of anilines is 1. The van der Waals surface area contributed by atoms with Gasteiger partial charge in [0.15, 0.2) is 0 Å². The monoisotopic (exact) mass is 430 g/mol. The van der Waals surface area contributed by atoms with E-state index in [0.717, 1.165) is 38.3 Å². The summed E-state index contributed by atoms with van der Waals surface area (Å²) in [6.07, 6.45) is 3.42. The first-order chi connectivity index (χ1) is 14.7. The second-order valence-electron chi connectivity index (χ2n) is 8.11. The fraction of sp³-hybridized carbons (Fsp3) is 0.375. The zero-order valence-corrected chi connectivity index (χ0v) is 17.5. The van der Waals surface area contributed by atoms with Gasteiger partial charge in [-0.3, -0.25) is 0 Å². The van der Waals surface area contributed by atoms with Crippen molar-refractivity contribution in [1.29, 1.82) is 0 Å². The van der Waals surface area contributed by atoms with Crippen LogP contribution >= 0.6 is 0 Å². The van der Waals surface area contributed by atoms with Crippen LogP contribution in [0.5, 0.6) is 5.75 Å². The maximum Gasteiger partial charge on any atom is 0.335 e. The lowest BCUT2D eigenvalue weighted by molar-refractivity contribution is 0.0226. The molecule has 2 aromatic carbocycles. The van der Waals surface area contributed by atoms with Gasteiger partial charge in [-0.25, -0.2) is 13.6 Å². The summed E-state index contributed by atoms with van der Waals surface area (Å²) in [5.41, 5.74) is 1.62. The molecule has 0 amide bonds. The van der Waals surface area contributed by atoms with Crippen molar-refractivity contribution in [2.75, 3.05) is 5.32 Å². The van der Waals surface area contributed by atoms with E-state index in [0.29, 0.717) is 17.1 Å². The van der Waals surface area contributed by atoms with Crippen molar-refractivity contribution in [3.63, 3.8) is 0 Å². The lowest BCUT2D eigenvalue weighted by Crippen LogP contribution is -2.37. The van der Waals surface area contributed by atoms with E-state index >= 15 is 0 Å². The van der Waals surface area contributed by atoms with Crippen molar-refractivity contribution < 1.29 is 23.4 Å². The number of halogens is 2. The number of carbonyl (C=O) groups is 1. The highest BCUT2D eigenvalue weighted by Crippen LogP contribution is 2.25. The van der Waals surface area contributed by atoms with Crippen LogP contribution in [0.15, 0.2) is 60.9 Å².